The number of aromatic amines is 1. The number of aromatic nitrogens is 1. The molecule has 0 radical (unpaired) electrons. The summed E-state index contributed by atoms with van der Waals surface area (Å²) in [4.78, 5) is 30.4. The van der Waals surface area contributed by atoms with E-state index in [1.165, 1.54) is 11.5 Å². The quantitative estimate of drug-likeness (QED) is 0.678. The minimum atomic E-state index is -0.217. The van der Waals surface area contributed by atoms with E-state index < -0.39 is 0 Å². The van der Waals surface area contributed by atoms with E-state index in [-0.39, 0.29) is 18.0 Å². The van der Waals surface area contributed by atoms with E-state index in [1.54, 1.807) is 6.07 Å². The maximum atomic E-state index is 13.0. The van der Waals surface area contributed by atoms with Crippen LogP contribution in [0.5, 0.6) is 0 Å². The average Bonchev–Trinajstić information content (AvgIpc) is 2.70. The van der Waals surface area contributed by atoms with E-state index in [4.69, 9.17) is 11.6 Å². The molecule has 1 aliphatic heterocycles. The molecule has 1 aromatic heterocycles. The van der Waals surface area contributed by atoms with E-state index in [9.17, 15) is 9.59 Å². The first-order chi connectivity index (χ1) is 14.3. The number of thioether (sulfide) groups is 1. The zero-order valence-electron chi connectivity index (χ0n) is 18.1. The number of nitrogens with zero attached hydrogens (tertiary/aromatic N) is 1. The first kappa shape index (κ1) is 22.8. The molecule has 0 unspecified atom stereocenters. The summed E-state index contributed by atoms with van der Waals surface area (Å²) in [6.45, 7) is 8.90. The first-order valence-electron chi connectivity index (χ1n) is 10.4. The fourth-order valence-electron chi connectivity index (χ4n) is 4.19. The van der Waals surface area contributed by atoms with Crippen molar-refractivity contribution >= 4 is 35.0 Å². The third-order valence-corrected chi connectivity index (χ3v) is 7.06. The molecule has 1 saturated heterocycles. The van der Waals surface area contributed by atoms with E-state index in [1.807, 2.05) is 44.7 Å². The molecule has 0 atom stereocenters. The summed E-state index contributed by atoms with van der Waals surface area (Å²) in [5.74, 6) is 2.11. The van der Waals surface area contributed by atoms with Crippen molar-refractivity contribution in [2.45, 2.75) is 53.1 Å². The fourth-order valence-corrected chi connectivity index (χ4v) is 5.48. The molecule has 2 N–H and O–H groups in total. The van der Waals surface area contributed by atoms with Gasteiger partial charge < -0.3 is 15.2 Å². The number of pyridine rings is 1. The van der Waals surface area contributed by atoms with Crippen LogP contribution >= 0.6 is 23.4 Å². The van der Waals surface area contributed by atoms with Crippen LogP contribution in [0.2, 0.25) is 5.02 Å². The van der Waals surface area contributed by atoms with Crippen LogP contribution in [-0.4, -0.2) is 35.0 Å². The number of amides is 1. The highest BCUT2D eigenvalue weighted by Gasteiger charge is 2.24. The normalized spacial score (nSPS) is 14.6. The molecule has 1 amide bonds. The van der Waals surface area contributed by atoms with Crippen LogP contribution in [0.25, 0.3) is 0 Å². The summed E-state index contributed by atoms with van der Waals surface area (Å²) in [6.07, 6.45) is 2.28. The monoisotopic (exact) mass is 447 g/mol. The molecule has 162 valence electrons. The van der Waals surface area contributed by atoms with E-state index in [2.05, 4.69) is 22.1 Å². The summed E-state index contributed by atoms with van der Waals surface area (Å²) in [6, 6.07) is 6.06. The minimum absolute atomic E-state index is 0.163. The lowest BCUT2D eigenvalue weighted by Crippen LogP contribution is -2.38. The van der Waals surface area contributed by atoms with E-state index in [0.717, 1.165) is 41.9 Å². The number of aryl methyl sites for hydroxylation is 2. The number of nitrogens with one attached hydrogen (secondary N) is 2. The Morgan fingerprint density at radius 2 is 1.93 bits per heavy atom. The Labute approximate surface area is 187 Å². The van der Waals surface area contributed by atoms with Crippen LogP contribution < -0.4 is 15.8 Å². The number of halogens is 1. The number of hydrogen-bond acceptors (Lipinski definition) is 4. The Morgan fingerprint density at radius 3 is 2.57 bits per heavy atom. The number of carbonyl (C=O) groups is 1. The maximum absolute atomic E-state index is 13.0. The molecule has 7 heteroatoms. The van der Waals surface area contributed by atoms with Gasteiger partial charge in [0.05, 0.1) is 0 Å². The Hall–Kier alpha value is -1.92. The Bertz CT molecular complexity index is 983. The van der Waals surface area contributed by atoms with Gasteiger partial charge >= 0.3 is 0 Å². The van der Waals surface area contributed by atoms with Gasteiger partial charge in [-0.25, -0.2) is 0 Å². The Kier molecular flexibility index (Phi) is 7.53. The van der Waals surface area contributed by atoms with Crippen LogP contribution in [0.1, 0.15) is 52.5 Å². The second-order valence-electron chi connectivity index (χ2n) is 7.85. The molecule has 5 nitrogen and oxygen atoms in total. The van der Waals surface area contributed by atoms with E-state index >= 15 is 0 Å². The van der Waals surface area contributed by atoms with Gasteiger partial charge in [-0.15, -0.1) is 0 Å². The molecule has 0 spiro atoms. The fraction of sp³-hybridized carbons (Fsp3) is 0.478. The number of H-pyrrole nitrogens is 1. The third-order valence-electron chi connectivity index (χ3n) is 5.79. The highest BCUT2D eigenvalue weighted by Crippen LogP contribution is 2.32. The van der Waals surface area contributed by atoms with E-state index in [0.29, 0.717) is 22.2 Å². The van der Waals surface area contributed by atoms with Crippen LogP contribution in [0.15, 0.2) is 23.0 Å². The summed E-state index contributed by atoms with van der Waals surface area (Å²) >= 11 is 8.43. The molecule has 0 aliphatic carbocycles. The average molecular weight is 448 g/mol. The Balaban J connectivity index is 1.85. The predicted octanol–water partition coefficient (Wildman–Crippen LogP) is 4.61. The molecular weight excluding hydrogens is 418 g/mol. The van der Waals surface area contributed by atoms with Crippen molar-refractivity contribution in [3.05, 3.63) is 61.5 Å². The molecule has 2 heterocycles. The smallest absolute Gasteiger partial charge is 0.253 e. The van der Waals surface area contributed by atoms with Crippen molar-refractivity contribution in [2.24, 2.45) is 0 Å². The van der Waals surface area contributed by atoms with Gasteiger partial charge in [0.1, 0.15) is 0 Å². The topological polar surface area (TPSA) is 65.2 Å². The molecule has 1 fully saturated rings. The standard InChI is InChI=1S/C23H30ClN3O2S/c1-5-27(18-6-8-30-9-7-18)21-12-17(24)11-19(16(21)4)22(28)25-13-20-14(2)10-15(3)26-23(20)29/h10-12,18H,5-9,13H2,1-4H3,(H,25,28)(H,26,29). The van der Waals surface area contributed by atoms with Gasteiger partial charge in [-0.3, -0.25) is 9.59 Å². The molecular formula is C23H30ClN3O2S. The van der Waals surface area contributed by atoms with Crippen molar-refractivity contribution < 1.29 is 4.79 Å². The highest BCUT2D eigenvalue weighted by atomic mass is 35.5. The summed E-state index contributed by atoms with van der Waals surface area (Å²) < 4.78 is 0. The zero-order chi connectivity index (χ0) is 21.8. The lowest BCUT2D eigenvalue weighted by molar-refractivity contribution is 0.0950. The molecule has 0 saturated carbocycles. The van der Waals surface area contributed by atoms with Crippen molar-refractivity contribution in [3.63, 3.8) is 0 Å². The molecule has 30 heavy (non-hydrogen) atoms. The minimum Gasteiger partial charge on any atom is -0.368 e. The molecule has 1 aromatic carbocycles. The summed E-state index contributed by atoms with van der Waals surface area (Å²) in [7, 11) is 0. The van der Waals surface area contributed by atoms with Crippen LogP contribution in [0.3, 0.4) is 0 Å². The zero-order valence-corrected chi connectivity index (χ0v) is 19.7. The largest absolute Gasteiger partial charge is 0.368 e. The van der Waals surface area contributed by atoms with Crippen molar-refractivity contribution in [3.8, 4) is 0 Å². The lowest BCUT2D eigenvalue weighted by atomic mass is 10.0. The number of hydrogen-bond donors (Lipinski definition) is 2. The van der Waals surface area contributed by atoms with Crippen molar-refractivity contribution in [1.29, 1.82) is 0 Å². The SMILES string of the molecule is CCN(c1cc(Cl)cc(C(=O)NCc2c(C)cc(C)[nH]c2=O)c1C)C1CCSCC1. The van der Waals surface area contributed by atoms with Gasteiger partial charge in [-0.2, -0.15) is 11.8 Å². The summed E-state index contributed by atoms with van der Waals surface area (Å²) in [5.41, 5.74) is 4.59. The second-order valence-corrected chi connectivity index (χ2v) is 9.51. The van der Waals surface area contributed by atoms with Gasteiger partial charge in [0.25, 0.3) is 11.5 Å². The second kappa shape index (κ2) is 9.92. The maximum Gasteiger partial charge on any atom is 0.253 e. The third kappa shape index (κ3) is 5.03. The molecule has 3 rings (SSSR count). The molecule has 0 bridgehead atoms. The molecule has 1 aliphatic rings. The van der Waals surface area contributed by atoms with Crippen LogP contribution in [0.4, 0.5) is 5.69 Å². The summed E-state index contributed by atoms with van der Waals surface area (Å²) in [5, 5.41) is 3.46. The number of rotatable bonds is 6. The van der Waals surface area contributed by atoms with Crippen LogP contribution in [-0.2, 0) is 6.54 Å². The van der Waals surface area contributed by atoms with Gasteiger partial charge in [-0.1, -0.05) is 11.6 Å². The number of benzene rings is 1. The molecule has 2 aromatic rings. The van der Waals surface area contributed by atoms with Gasteiger partial charge in [0.2, 0.25) is 0 Å². The lowest BCUT2D eigenvalue weighted by Gasteiger charge is -2.36. The van der Waals surface area contributed by atoms with Gasteiger partial charge in [-0.05, 0) is 81.4 Å². The predicted molar refractivity (Wildman–Crippen MR) is 127 cm³/mol. The van der Waals surface area contributed by atoms with Crippen molar-refractivity contribution in [2.75, 3.05) is 23.0 Å². The van der Waals surface area contributed by atoms with Gasteiger partial charge in [0.15, 0.2) is 0 Å². The highest BCUT2D eigenvalue weighted by molar-refractivity contribution is 7.99. The number of carbonyl (C=O) groups excluding carboxylic acids is 1. The Morgan fingerprint density at radius 1 is 1.23 bits per heavy atom. The van der Waals surface area contributed by atoms with Crippen molar-refractivity contribution in [1.82, 2.24) is 10.3 Å². The number of anilines is 1. The first-order valence-corrected chi connectivity index (χ1v) is 12.0. The van der Waals surface area contributed by atoms with Crippen LogP contribution in [0, 0.1) is 20.8 Å². The van der Waals surface area contributed by atoms with Gasteiger partial charge in [0, 0.05) is 46.7 Å².